The van der Waals surface area contributed by atoms with Crippen LogP contribution < -0.4 is 15.4 Å². The van der Waals surface area contributed by atoms with Crippen LogP contribution in [-0.2, 0) is 4.79 Å². The maximum Gasteiger partial charge on any atom is 0.326 e. The average molecular weight is 281 g/mol. The Morgan fingerprint density at radius 3 is 2.60 bits per heavy atom. The number of ether oxygens (including phenoxy) is 1. The number of carboxylic acid groups (broad SMARTS) is 1. The van der Waals surface area contributed by atoms with Gasteiger partial charge in [0.2, 0.25) is 5.88 Å². The van der Waals surface area contributed by atoms with E-state index in [4.69, 9.17) is 9.84 Å². The Morgan fingerprint density at radius 1 is 1.45 bits per heavy atom. The van der Waals surface area contributed by atoms with Crippen molar-refractivity contribution in [1.82, 2.24) is 10.3 Å². The molecule has 0 aromatic carbocycles. The number of hydrogen-bond donors (Lipinski definition) is 3. The summed E-state index contributed by atoms with van der Waals surface area (Å²) >= 11 is 0. The number of pyridine rings is 1. The fraction of sp³-hybridized carbons (Fsp3) is 0.462. The maximum atomic E-state index is 11.8. The van der Waals surface area contributed by atoms with E-state index in [0.717, 1.165) is 0 Å². The average Bonchev–Trinajstić information content (AvgIpc) is 2.44. The number of carbonyl (C=O) groups excluding carboxylic acids is 1. The van der Waals surface area contributed by atoms with Crippen molar-refractivity contribution in [3.8, 4) is 5.88 Å². The minimum absolute atomic E-state index is 0.160. The molecule has 0 bridgehead atoms. The van der Waals surface area contributed by atoms with E-state index >= 15 is 0 Å². The first-order chi connectivity index (χ1) is 9.47. The smallest absolute Gasteiger partial charge is 0.326 e. The molecule has 7 nitrogen and oxygen atoms in total. The highest BCUT2D eigenvalue weighted by Gasteiger charge is 2.25. The molecule has 1 rings (SSSR count). The van der Waals surface area contributed by atoms with Gasteiger partial charge in [0.25, 0.3) is 0 Å². The highest BCUT2D eigenvalue weighted by Crippen LogP contribution is 2.12. The van der Waals surface area contributed by atoms with Crippen molar-refractivity contribution in [2.45, 2.75) is 26.3 Å². The van der Waals surface area contributed by atoms with Crippen molar-refractivity contribution >= 4 is 17.7 Å². The van der Waals surface area contributed by atoms with Crippen molar-refractivity contribution in [2.75, 3.05) is 12.4 Å². The summed E-state index contributed by atoms with van der Waals surface area (Å²) in [6.07, 6.45) is 2.08. The molecule has 1 aromatic rings. The number of urea groups is 1. The topological polar surface area (TPSA) is 101 Å². The minimum atomic E-state index is -1.05. The van der Waals surface area contributed by atoms with Crippen molar-refractivity contribution in [3.63, 3.8) is 0 Å². The Bertz CT molecular complexity index is 461. The van der Waals surface area contributed by atoms with Gasteiger partial charge in [0.1, 0.15) is 6.04 Å². The molecule has 1 heterocycles. The third-order valence-electron chi connectivity index (χ3n) is 2.97. The predicted octanol–water partition coefficient (Wildman–Crippen LogP) is 1.71. The van der Waals surface area contributed by atoms with Crippen LogP contribution in [0, 0.1) is 5.92 Å². The van der Waals surface area contributed by atoms with Gasteiger partial charge >= 0.3 is 12.0 Å². The number of rotatable bonds is 6. The second kappa shape index (κ2) is 7.32. The van der Waals surface area contributed by atoms with Gasteiger partial charge in [0.15, 0.2) is 0 Å². The maximum absolute atomic E-state index is 11.8. The van der Waals surface area contributed by atoms with Crippen LogP contribution in [0.4, 0.5) is 10.5 Å². The summed E-state index contributed by atoms with van der Waals surface area (Å²) < 4.78 is 4.90. The molecule has 0 spiro atoms. The molecular formula is C13H19N3O4. The van der Waals surface area contributed by atoms with Gasteiger partial charge in [-0.25, -0.2) is 14.6 Å². The van der Waals surface area contributed by atoms with Crippen molar-refractivity contribution in [3.05, 3.63) is 18.3 Å². The van der Waals surface area contributed by atoms with E-state index in [9.17, 15) is 9.59 Å². The third-order valence-corrected chi connectivity index (χ3v) is 2.97. The molecule has 110 valence electrons. The van der Waals surface area contributed by atoms with E-state index in [-0.39, 0.29) is 5.92 Å². The molecule has 2 atom stereocenters. The van der Waals surface area contributed by atoms with Crippen LogP contribution >= 0.6 is 0 Å². The number of nitrogens with zero attached hydrogens (tertiary/aromatic N) is 1. The zero-order chi connectivity index (χ0) is 15.1. The van der Waals surface area contributed by atoms with Crippen LogP contribution in [0.15, 0.2) is 18.3 Å². The fourth-order valence-corrected chi connectivity index (χ4v) is 1.57. The van der Waals surface area contributed by atoms with Gasteiger partial charge in [-0.05, 0) is 12.0 Å². The standard InChI is InChI=1S/C13H19N3O4/c1-4-8(2)11(12(17)18)16-13(19)15-9-5-6-10(20-3)14-7-9/h5-8,11H,4H2,1-3H3,(H,17,18)(H2,15,16,19)/t8?,11-/m0/s1. The van der Waals surface area contributed by atoms with Gasteiger partial charge in [-0.2, -0.15) is 0 Å². The zero-order valence-electron chi connectivity index (χ0n) is 11.7. The van der Waals surface area contributed by atoms with Gasteiger partial charge in [-0.15, -0.1) is 0 Å². The van der Waals surface area contributed by atoms with E-state index in [2.05, 4.69) is 15.6 Å². The van der Waals surface area contributed by atoms with E-state index in [0.29, 0.717) is 18.0 Å². The van der Waals surface area contributed by atoms with Gasteiger partial charge in [0, 0.05) is 6.07 Å². The summed E-state index contributed by atoms with van der Waals surface area (Å²) in [5.74, 6) is -0.784. The molecule has 20 heavy (non-hydrogen) atoms. The molecule has 7 heteroatoms. The summed E-state index contributed by atoms with van der Waals surface area (Å²) in [6.45, 7) is 3.64. The second-order valence-corrected chi connectivity index (χ2v) is 4.39. The van der Waals surface area contributed by atoms with Crippen LogP contribution in [0.3, 0.4) is 0 Å². The molecule has 0 radical (unpaired) electrons. The van der Waals surface area contributed by atoms with Gasteiger partial charge in [0.05, 0.1) is 19.0 Å². The number of amides is 2. The first-order valence-electron chi connectivity index (χ1n) is 6.28. The first kappa shape index (κ1) is 15.7. The lowest BCUT2D eigenvalue weighted by Gasteiger charge is -2.20. The van der Waals surface area contributed by atoms with Crippen molar-refractivity contribution in [2.24, 2.45) is 5.92 Å². The second-order valence-electron chi connectivity index (χ2n) is 4.39. The van der Waals surface area contributed by atoms with Gasteiger partial charge in [-0.3, -0.25) is 0 Å². The Balaban J connectivity index is 2.63. The number of hydrogen-bond acceptors (Lipinski definition) is 4. The molecule has 3 N–H and O–H groups in total. The molecule has 0 aliphatic rings. The van der Waals surface area contributed by atoms with Gasteiger partial charge in [-0.1, -0.05) is 20.3 Å². The monoisotopic (exact) mass is 281 g/mol. The van der Waals surface area contributed by atoms with Crippen molar-refractivity contribution < 1.29 is 19.4 Å². The van der Waals surface area contributed by atoms with Gasteiger partial charge < -0.3 is 20.5 Å². The minimum Gasteiger partial charge on any atom is -0.481 e. The number of carbonyl (C=O) groups is 2. The molecule has 1 aromatic heterocycles. The van der Waals surface area contributed by atoms with E-state index in [1.807, 2.05) is 6.92 Å². The summed E-state index contributed by atoms with van der Waals surface area (Å²) in [5.41, 5.74) is 0.455. The molecule has 0 fully saturated rings. The van der Waals surface area contributed by atoms with Crippen LogP contribution in [0.2, 0.25) is 0 Å². The normalized spacial score (nSPS) is 13.2. The molecule has 0 aliphatic carbocycles. The summed E-state index contributed by atoms with van der Waals surface area (Å²) in [6, 6.07) is 1.71. The summed E-state index contributed by atoms with van der Waals surface area (Å²) in [4.78, 5) is 26.8. The Hall–Kier alpha value is -2.31. The Morgan fingerprint density at radius 2 is 2.15 bits per heavy atom. The van der Waals surface area contributed by atoms with Crippen LogP contribution in [-0.4, -0.2) is 35.2 Å². The van der Waals surface area contributed by atoms with E-state index < -0.39 is 18.0 Å². The fourth-order valence-electron chi connectivity index (χ4n) is 1.57. The number of methoxy groups -OCH3 is 1. The number of anilines is 1. The number of aliphatic carboxylic acids is 1. The number of aromatic nitrogens is 1. The van der Waals surface area contributed by atoms with E-state index in [1.165, 1.54) is 13.3 Å². The van der Waals surface area contributed by atoms with Crippen LogP contribution in [0.1, 0.15) is 20.3 Å². The number of nitrogens with one attached hydrogen (secondary N) is 2. The molecule has 0 saturated carbocycles. The van der Waals surface area contributed by atoms with Crippen LogP contribution in [0.25, 0.3) is 0 Å². The molecule has 0 saturated heterocycles. The molecule has 2 amide bonds. The van der Waals surface area contributed by atoms with E-state index in [1.54, 1.807) is 19.1 Å². The SMILES string of the molecule is CCC(C)[C@H](NC(=O)Nc1ccc(OC)nc1)C(=O)O. The lowest BCUT2D eigenvalue weighted by Crippen LogP contribution is -2.46. The lowest BCUT2D eigenvalue weighted by molar-refractivity contribution is -0.140. The largest absolute Gasteiger partial charge is 0.481 e. The Kier molecular flexibility index (Phi) is 5.76. The quantitative estimate of drug-likeness (QED) is 0.737. The first-order valence-corrected chi connectivity index (χ1v) is 6.28. The Labute approximate surface area is 117 Å². The summed E-state index contributed by atoms with van der Waals surface area (Å²) in [7, 11) is 1.49. The zero-order valence-corrected chi connectivity index (χ0v) is 11.7. The predicted molar refractivity (Wildman–Crippen MR) is 73.8 cm³/mol. The van der Waals surface area contributed by atoms with Crippen LogP contribution in [0.5, 0.6) is 5.88 Å². The highest BCUT2D eigenvalue weighted by atomic mass is 16.5. The molecular weight excluding hydrogens is 262 g/mol. The molecule has 1 unspecified atom stereocenters. The lowest BCUT2D eigenvalue weighted by atomic mass is 9.99. The third kappa shape index (κ3) is 4.42. The summed E-state index contributed by atoms with van der Waals surface area (Å²) in [5, 5.41) is 14.0. The molecule has 0 aliphatic heterocycles. The van der Waals surface area contributed by atoms with Crippen molar-refractivity contribution in [1.29, 1.82) is 0 Å². The highest BCUT2D eigenvalue weighted by molar-refractivity contribution is 5.92. The number of carboxylic acids is 1.